The number of hydrogen-bond donors (Lipinski definition) is 1. The molecule has 0 aliphatic carbocycles. The number of anilines is 1. The molecule has 22 heavy (non-hydrogen) atoms. The summed E-state index contributed by atoms with van der Waals surface area (Å²) in [6.07, 6.45) is 0.382. The largest absolute Gasteiger partial charge is 0.478 e. The molecule has 0 amide bonds. The van der Waals surface area contributed by atoms with Gasteiger partial charge in [0.25, 0.3) is 10.0 Å². The number of furan rings is 1. The second kappa shape index (κ2) is 4.88. The highest BCUT2D eigenvalue weighted by Crippen LogP contribution is 2.36. The number of nitrogens with zero attached hydrogens (tertiary/aromatic N) is 1. The van der Waals surface area contributed by atoms with Gasteiger partial charge in [0.1, 0.15) is 16.4 Å². The predicted octanol–water partition coefficient (Wildman–Crippen LogP) is 2.35. The Labute approximate surface area is 128 Å². The smallest absolute Gasteiger partial charge is 0.336 e. The van der Waals surface area contributed by atoms with E-state index in [0.29, 0.717) is 29.2 Å². The SMILES string of the molecule is Cc1cc(S(=O)(=O)N2CCc3c(C(=O)O)cccc32)c(C)o1. The van der Waals surface area contributed by atoms with Gasteiger partial charge in [0.2, 0.25) is 0 Å². The van der Waals surface area contributed by atoms with Gasteiger partial charge in [-0.3, -0.25) is 4.31 Å². The standard InChI is InChI=1S/C15H15NO5S/c1-9-8-14(10(2)21-9)22(19,20)16-7-6-11-12(15(17)18)4-3-5-13(11)16/h3-5,8H,6-7H2,1-2H3,(H,17,18). The Morgan fingerprint density at radius 2 is 2.05 bits per heavy atom. The van der Waals surface area contributed by atoms with E-state index in [0.717, 1.165) is 0 Å². The quantitative estimate of drug-likeness (QED) is 0.937. The maximum absolute atomic E-state index is 12.8. The van der Waals surface area contributed by atoms with Crippen molar-refractivity contribution >= 4 is 21.7 Å². The molecule has 0 saturated carbocycles. The van der Waals surface area contributed by atoms with Crippen LogP contribution in [0.25, 0.3) is 0 Å². The summed E-state index contributed by atoms with van der Waals surface area (Å²) in [7, 11) is -3.76. The molecule has 0 atom stereocenters. The Hall–Kier alpha value is -2.28. The van der Waals surface area contributed by atoms with E-state index in [2.05, 4.69) is 0 Å². The van der Waals surface area contributed by atoms with Crippen LogP contribution in [-0.2, 0) is 16.4 Å². The van der Waals surface area contributed by atoms with Gasteiger partial charge in [0.15, 0.2) is 0 Å². The first-order valence-corrected chi connectivity index (χ1v) is 8.21. The second-order valence-corrected chi connectivity index (χ2v) is 7.04. The molecular weight excluding hydrogens is 306 g/mol. The molecular formula is C15H15NO5S. The summed E-state index contributed by atoms with van der Waals surface area (Å²) in [5.41, 5.74) is 1.13. The van der Waals surface area contributed by atoms with Crippen molar-refractivity contribution in [3.05, 3.63) is 46.9 Å². The molecule has 0 unspecified atom stereocenters. The number of carbonyl (C=O) groups is 1. The van der Waals surface area contributed by atoms with Crippen molar-refractivity contribution in [2.45, 2.75) is 25.2 Å². The number of benzene rings is 1. The van der Waals surface area contributed by atoms with Crippen LogP contribution in [0.5, 0.6) is 0 Å². The lowest BCUT2D eigenvalue weighted by molar-refractivity contribution is 0.0696. The molecule has 1 aromatic carbocycles. The number of carboxylic acid groups (broad SMARTS) is 1. The summed E-state index contributed by atoms with van der Waals surface area (Å²) >= 11 is 0. The Kier molecular flexibility index (Phi) is 3.25. The summed E-state index contributed by atoms with van der Waals surface area (Å²) < 4.78 is 32.2. The first-order valence-electron chi connectivity index (χ1n) is 6.77. The van der Waals surface area contributed by atoms with Gasteiger partial charge in [0, 0.05) is 12.6 Å². The highest BCUT2D eigenvalue weighted by Gasteiger charge is 2.35. The molecule has 7 heteroatoms. The molecule has 0 spiro atoms. The maximum atomic E-state index is 12.8. The van der Waals surface area contributed by atoms with Crippen molar-refractivity contribution in [3.8, 4) is 0 Å². The molecule has 0 radical (unpaired) electrons. The van der Waals surface area contributed by atoms with Crippen molar-refractivity contribution in [3.63, 3.8) is 0 Å². The Morgan fingerprint density at radius 1 is 1.32 bits per heavy atom. The van der Waals surface area contributed by atoms with Crippen LogP contribution in [0.4, 0.5) is 5.69 Å². The number of rotatable bonds is 3. The van der Waals surface area contributed by atoms with E-state index in [-0.39, 0.29) is 17.0 Å². The molecule has 0 bridgehead atoms. The zero-order valence-corrected chi connectivity index (χ0v) is 13.0. The van der Waals surface area contributed by atoms with Gasteiger partial charge < -0.3 is 9.52 Å². The first kappa shape index (κ1) is 14.6. The minimum absolute atomic E-state index is 0.124. The van der Waals surface area contributed by atoms with Crippen LogP contribution in [0.2, 0.25) is 0 Å². The molecule has 0 saturated heterocycles. The fourth-order valence-corrected chi connectivity index (χ4v) is 4.56. The van der Waals surface area contributed by atoms with E-state index in [4.69, 9.17) is 4.42 Å². The molecule has 3 rings (SSSR count). The van der Waals surface area contributed by atoms with Crippen LogP contribution in [0.15, 0.2) is 33.6 Å². The molecule has 1 aromatic heterocycles. The summed E-state index contributed by atoms with van der Waals surface area (Å²) in [4.78, 5) is 11.4. The third-order valence-electron chi connectivity index (χ3n) is 3.78. The Bertz CT molecular complexity index is 866. The first-order chi connectivity index (χ1) is 10.3. The van der Waals surface area contributed by atoms with Crippen molar-refractivity contribution in [2.24, 2.45) is 0 Å². The molecule has 1 N–H and O–H groups in total. The Balaban J connectivity index is 2.12. The van der Waals surface area contributed by atoms with Crippen molar-refractivity contribution < 1.29 is 22.7 Å². The normalized spacial score (nSPS) is 14.2. The van der Waals surface area contributed by atoms with E-state index in [1.807, 2.05) is 0 Å². The van der Waals surface area contributed by atoms with E-state index in [9.17, 15) is 18.3 Å². The zero-order valence-electron chi connectivity index (χ0n) is 12.2. The van der Waals surface area contributed by atoms with E-state index in [1.54, 1.807) is 26.0 Å². The minimum Gasteiger partial charge on any atom is -0.478 e. The van der Waals surface area contributed by atoms with Crippen LogP contribution < -0.4 is 4.31 Å². The lowest BCUT2D eigenvalue weighted by atomic mass is 10.1. The van der Waals surface area contributed by atoms with E-state index >= 15 is 0 Å². The monoisotopic (exact) mass is 321 g/mol. The van der Waals surface area contributed by atoms with Crippen LogP contribution >= 0.6 is 0 Å². The zero-order chi connectivity index (χ0) is 16.1. The third-order valence-corrected chi connectivity index (χ3v) is 5.70. The van der Waals surface area contributed by atoms with Gasteiger partial charge in [-0.25, -0.2) is 13.2 Å². The molecule has 6 nitrogen and oxygen atoms in total. The molecule has 116 valence electrons. The molecule has 2 heterocycles. The van der Waals surface area contributed by atoms with Gasteiger partial charge in [-0.05, 0) is 38.0 Å². The van der Waals surface area contributed by atoms with Crippen LogP contribution in [-0.4, -0.2) is 26.0 Å². The molecule has 1 aliphatic heterocycles. The predicted molar refractivity (Wildman–Crippen MR) is 79.8 cm³/mol. The van der Waals surface area contributed by atoms with Crippen molar-refractivity contribution in [1.29, 1.82) is 0 Å². The second-order valence-electron chi connectivity index (χ2n) is 5.21. The summed E-state index contributed by atoms with van der Waals surface area (Å²) in [6, 6.07) is 6.17. The van der Waals surface area contributed by atoms with Crippen LogP contribution in [0.3, 0.4) is 0 Å². The highest BCUT2D eigenvalue weighted by atomic mass is 32.2. The number of aromatic carboxylic acids is 1. The molecule has 0 fully saturated rings. The van der Waals surface area contributed by atoms with Crippen LogP contribution in [0, 0.1) is 13.8 Å². The average molecular weight is 321 g/mol. The third kappa shape index (κ3) is 2.09. The highest BCUT2D eigenvalue weighted by molar-refractivity contribution is 7.92. The number of fused-ring (bicyclic) bond motifs is 1. The number of aryl methyl sites for hydroxylation is 2. The van der Waals surface area contributed by atoms with Crippen molar-refractivity contribution in [1.82, 2.24) is 0 Å². The minimum atomic E-state index is -3.76. The van der Waals surface area contributed by atoms with Gasteiger partial charge in [-0.2, -0.15) is 0 Å². The van der Waals surface area contributed by atoms with Gasteiger partial charge in [0.05, 0.1) is 11.3 Å². The lowest BCUT2D eigenvalue weighted by Crippen LogP contribution is -2.29. The fraction of sp³-hybridized carbons (Fsp3) is 0.267. The summed E-state index contributed by atoms with van der Waals surface area (Å²) in [5.74, 6) is -0.193. The van der Waals surface area contributed by atoms with Gasteiger partial charge >= 0.3 is 5.97 Å². The lowest BCUT2D eigenvalue weighted by Gasteiger charge is -2.19. The number of hydrogen-bond acceptors (Lipinski definition) is 4. The topological polar surface area (TPSA) is 87.8 Å². The molecule has 1 aliphatic rings. The average Bonchev–Trinajstić information content (AvgIpc) is 3.01. The van der Waals surface area contributed by atoms with E-state index in [1.165, 1.54) is 16.4 Å². The van der Waals surface area contributed by atoms with E-state index < -0.39 is 16.0 Å². The van der Waals surface area contributed by atoms with Crippen molar-refractivity contribution in [2.75, 3.05) is 10.8 Å². The summed E-state index contributed by atoms with van der Waals surface area (Å²) in [5, 5.41) is 9.22. The number of sulfonamides is 1. The number of carboxylic acids is 1. The van der Waals surface area contributed by atoms with Crippen LogP contribution in [0.1, 0.15) is 27.4 Å². The molecule has 2 aromatic rings. The van der Waals surface area contributed by atoms with Gasteiger partial charge in [-0.1, -0.05) is 6.07 Å². The fourth-order valence-electron chi connectivity index (χ4n) is 2.84. The Morgan fingerprint density at radius 3 is 2.64 bits per heavy atom. The van der Waals surface area contributed by atoms with Gasteiger partial charge in [-0.15, -0.1) is 0 Å². The maximum Gasteiger partial charge on any atom is 0.336 e. The summed E-state index contributed by atoms with van der Waals surface area (Å²) in [6.45, 7) is 3.52.